The van der Waals surface area contributed by atoms with Crippen LogP contribution in [-0.2, 0) is 11.2 Å². The first-order valence-electron chi connectivity index (χ1n) is 7.26. The summed E-state index contributed by atoms with van der Waals surface area (Å²) < 4.78 is 6.29. The van der Waals surface area contributed by atoms with E-state index in [0.717, 1.165) is 28.8 Å². The van der Waals surface area contributed by atoms with Gasteiger partial charge in [-0.05, 0) is 44.0 Å². The Morgan fingerprint density at radius 2 is 2.30 bits per heavy atom. The summed E-state index contributed by atoms with van der Waals surface area (Å²) in [6.45, 7) is 1.10. The van der Waals surface area contributed by atoms with E-state index in [1.54, 1.807) is 7.11 Å². The number of ketones is 1. The number of Topliss-reactive ketones (excluding diaryl/α,β-unsaturated/α-hetero) is 1. The fourth-order valence-corrected chi connectivity index (χ4v) is 3.10. The highest BCUT2D eigenvalue weighted by molar-refractivity contribution is 9.10. The molecular formula is C16H22BrNO2. The number of carbonyl (C=O) groups excluding carboxylic acids is 1. The molecular weight excluding hydrogens is 318 g/mol. The van der Waals surface area contributed by atoms with Crippen LogP contribution in [0, 0.1) is 0 Å². The molecule has 0 amide bonds. The second kappa shape index (κ2) is 7.79. The Bertz CT molecular complexity index is 456. The summed E-state index contributed by atoms with van der Waals surface area (Å²) in [5, 5.41) is 3.49. The third kappa shape index (κ3) is 4.60. The van der Waals surface area contributed by atoms with Gasteiger partial charge in [0.2, 0.25) is 0 Å². The van der Waals surface area contributed by atoms with Gasteiger partial charge in [-0.2, -0.15) is 0 Å². The monoisotopic (exact) mass is 339 g/mol. The molecule has 2 rings (SSSR count). The molecule has 0 saturated carbocycles. The first-order chi connectivity index (χ1) is 9.69. The van der Waals surface area contributed by atoms with Crippen molar-refractivity contribution in [3.8, 4) is 5.75 Å². The second-order valence-electron chi connectivity index (χ2n) is 5.36. The van der Waals surface area contributed by atoms with Gasteiger partial charge in [0.1, 0.15) is 11.5 Å². The van der Waals surface area contributed by atoms with Gasteiger partial charge in [0.25, 0.3) is 0 Å². The van der Waals surface area contributed by atoms with E-state index in [0.29, 0.717) is 18.9 Å². The summed E-state index contributed by atoms with van der Waals surface area (Å²) in [5.74, 6) is 1.08. The quantitative estimate of drug-likeness (QED) is 0.862. The summed E-state index contributed by atoms with van der Waals surface area (Å²) >= 11 is 3.44. The molecule has 4 heteroatoms. The normalized spacial score (nSPS) is 18.8. The molecule has 1 atom stereocenters. The standard InChI is InChI=1S/C16H22BrNO2/c1-20-16-8-5-13(17)10-12(16)11-15(19)7-6-14-4-2-3-9-18-14/h5,8,10,14,18H,2-4,6-7,9,11H2,1H3. The van der Waals surface area contributed by atoms with Crippen molar-refractivity contribution < 1.29 is 9.53 Å². The Morgan fingerprint density at radius 1 is 1.45 bits per heavy atom. The lowest BCUT2D eigenvalue weighted by atomic mass is 9.97. The van der Waals surface area contributed by atoms with Crippen LogP contribution in [-0.4, -0.2) is 25.5 Å². The van der Waals surface area contributed by atoms with Crippen LogP contribution in [0.2, 0.25) is 0 Å². The minimum atomic E-state index is 0.286. The lowest BCUT2D eigenvalue weighted by molar-refractivity contribution is -0.118. The molecule has 0 aromatic heterocycles. The smallest absolute Gasteiger partial charge is 0.137 e. The number of benzene rings is 1. The van der Waals surface area contributed by atoms with Crippen LogP contribution in [0.1, 0.15) is 37.7 Å². The number of hydrogen-bond acceptors (Lipinski definition) is 3. The lowest BCUT2D eigenvalue weighted by Crippen LogP contribution is -2.34. The number of rotatable bonds is 6. The largest absolute Gasteiger partial charge is 0.496 e. The molecule has 20 heavy (non-hydrogen) atoms. The molecule has 1 aromatic carbocycles. The molecule has 1 fully saturated rings. The SMILES string of the molecule is COc1ccc(Br)cc1CC(=O)CCC1CCCCN1. The van der Waals surface area contributed by atoms with E-state index in [4.69, 9.17) is 4.74 Å². The van der Waals surface area contributed by atoms with E-state index in [1.807, 2.05) is 18.2 Å². The highest BCUT2D eigenvalue weighted by atomic mass is 79.9. The van der Waals surface area contributed by atoms with Gasteiger partial charge < -0.3 is 10.1 Å². The number of halogens is 1. The van der Waals surface area contributed by atoms with Crippen molar-refractivity contribution in [3.63, 3.8) is 0 Å². The molecule has 0 aliphatic carbocycles. The molecule has 1 heterocycles. The zero-order valence-electron chi connectivity index (χ0n) is 12.0. The summed E-state index contributed by atoms with van der Waals surface area (Å²) in [7, 11) is 1.64. The molecule has 3 nitrogen and oxygen atoms in total. The van der Waals surface area contributed by atoms with E-state index >= 15 is 0 Å². The zero-order valence-corrected chi connectivity index (χ0v) is 13.5. The fourth-order valence-electron chi connectivity index (χ4n) is 2.69. The Balaban J connectivity index is 1.86. The highest BCUT2D eigenvalue weighted by Gasteiger charge is 2.15. The highest BCUT2D eigenvalue weighted by Crippen LogP contribution is 2.24. The van der Waals surface area contributed by atoms with Crippen LogP contribution >= 0.6 is 15.9 Å². The maximum Gasteiger partial charge on any atom is 0.137 e. The summed E-state index contributed by atoms with van der Waals surface area (Å²) in [4.78, 5) is 12.1. The molecule has 0 bridgehead atoms. The van der Waals surface area contributed by atoms with E-state index in [1.165, 1.54) is 19.3 Å². The van der Waals surface area contributed by atoms with Gasteiger partial charge in [-0.3, -0.25) is 4.79 Å². The third-order valence-electron chi connectivity index (χ3n) is 3.81. The Kier molecular flexibility index (Phi) is 6.05. The van der Waals surface area contributed by atoms with Gasteiger partial charge in [0, 0.05) is 28.9 Å². The van der Waals surface area contributed by atoms with Crippen LogP contribution in [0.4, 0.5) is 0 Å². The van der Waals surface area contributed by atoms with Crippen molar-refractivity contribution in [3.05, 3.63) is 28.2 Å². The molecule has 1 N–H and O–H groups in total. The van der Waals surface area contributed by atoms with Crippen LogP contribution in [0.5, 0.6) is 5.75 Å². The first kappa shape index (κ1) is 15.5. The molecule has 1 unspecified atom stereocenters. The molecule has 1 aliphatic heterocycles. The van der Waals surface area contributed by atoms with Crippen molar-refractivity contribution in [1.82, 2.24) is 5.32 Å². The predicted molar refractivity (Wildman–Crippen MR) is 84.3 cm³/mol. The molecule has 0 spiro atoms. The zero-order chi connectivity index (χ0) is 14.4. The molecule has 1 aliphatic rings. The van der Waals surface area contributed by atoms with Gasteiger partial charge in [-0.25, -0.2) is 0 Å². The topological polar surface area (TPSA) is 38.3 Å². The summed E-state index contributed by atoms with van der Waals surface area (Å²) in [5.41, 5.74) is 0.962. The Labute approximate surface area is 129 Å². The van der Waals surface area contributed by atoms with E-state index in [-0.39, 0.29) is 5.78 Å². The average Bonchev–Trinajstić information content (AvgIpc) is 2.46. The van der Waals surface area contributed by atoms with Gasteiger partial charge in [-0.15, -0.1) is 0 Å². The molecule has 1 saturated heterocycles. The predicted octanol–water partition coefficient (Wildman–Crippen LogP) is 3.49. The van der Waals surface area contributed by atoms with Crippen molar-refractivity contribution in [1.29, 1.82) is 0 Å². The molecule has 110 valence electrons. The van der Waals surface area contributed by atoms with Crippen molar-refractivity contribution in [2.24, 2.45) is 0 Å². The van der Waals surface area contributed by atoms with Gasteiger partial charge >= 0.3 is 0 Å². The number of ether oxygens (including phenoxy) is 1. The van der Waals surface area contributed by atoms with Crippen LogP contribution in [0.15, 0.2) is 22.7 Å². The summed E-state index contributed by atoms with van der Waals surface area (Å²) in [6.07, 6.45) is 5.80. The van der Waals surface area contributed by atoms with Crippen molar-refractivity contribution in [2.75, 3.05) is 13.7 Å². The van der Waals surface area contributed by atoms with E-state index in [2.05, 4.69) is 21.2 Å². The van der Waals surface area contributed by atoms with E-state index < -0.39 is 0 Å². The average molecular weight is 340 g/mol. The maximum atomic E-state index is 12.1. The van der Waals surface area contributed by atoms with Crippen molar-refractivity contribution in [2.45, 2.75) is 44.6 Å². The summed E-state index contributed by atoms with van der Waals surface area (Å²) in [6, 6.07) is 6.32. The number of carbonyl (C=O) groups is 1. The molecule has 1 aromatic rings. The second-order valence-corrected chi connectivity index (χ2v) is 6.27. The minimum Gasteiger partial charge on any atom is -0.496 e. The Morgan fingerprint density at radius 3 is 3.00 bits per heavy atom. The Hall–Kier alpha value is -0.870. The third-order valence-corrected chi connectivity index (χ3v) is 4.31. The first-order valence-corrected chi connectivity index (χ1v) is 8.06. The number of hydrogen-bond donors (Lipinski definition) is 1. The number of methoxy groups -OCH3 is 1. The lowest BCUT2D eigenvalue weighted by Gasteiger charge is -2.23. The van der Waals surface area contributed by atoms with Crippen LogP contribution < -0.4 is 10.1 Å². The molecule has 0 radical (unpaired) electrons. The van der Waals surface area contributed by atoms with Gasteiger partial charge in [0.05, 0.1) is 7.11 Å². The van der Waals surface area contributed by atoms with E-state index in [9.17, 15) is 4.79 Å². The van der Waals surface area contributed by atoms with Gasteiger partial charge in [-0.1, -0.05) is 22.4 Å². The fraction of sp³-hybridized carbons (Fsp3) is 0.562. The van der Waals surface area contributed by atoms with Gasteiger partial charge in [0.15, 0.2) is 0 Å². The minimum absolute atomic E-state index is 0.286. The maximum absolute atomic E-state index is 12.1. The van der Waals surface area contributed by atoms with Crippen LogP contribution in [0.25, 0.3) is 0 Å². The number of nitrogens with one attached hydrogen (secondary N) is 1. The van der Waals surface area contributed by atoms with Crippen LogP contribution in [0.3, 0.4) is 0 Å². The van der Waals surface area contributed by atoms with Crippen molar-refractivity contribution >= 4 is 21.7 Å². The number of piperidine rings is 1.